The van der Waals surface area contributed by atoms with E-state index in [1.165, 1.54) is 17.8 Å². The largest absolute Gasteiger partial charge is 0.323 e. The van der Waals surface area contributed by atoms with E-state index in [0.717, 1.165) is 35.2 Å². The summed E-state index contributed by atoms with van der Waals surface area (Å²) in [4.78, 5) is 16.9. The normalized spacial score (nSPS) is 12.5. The van der Waals surface area contributed by atoms with Gasteiger partial charge in [0.1, 0.15) is 17.3 Å². The summed E-state index contributed by atoms with van der Waals surface area (Å²) in [6.45, 7) is 10.6. The van der Waals surface area contributed by atoms with Crippen LogP contribution in [0.3, 0.4) is 0 Å². The van der Waals surface area contributed by atoms with Gasteiger partial charge in [0.05, 0.1) is 10.9 Å². The second-order valence-corrected chi connectivity index (χ2v) is 7.72. The third kappa shape index (κ3) is 4.60. The molecule has 1 amide bonds. The molecule has 136 valence electrons. The highest BCUT2D eigenvalue weighted by atomic mass is 32.2. The van der Waals surface area contributed by atoms with Crippen molar-refractivity contribution < 1.29 is 13.6 Å². The van der Waals surface area contributed by atoms with Crippen molar-refractivity contribution in [3.63, 3.8) is 0 Å². The fourth-order valence-corrected chi connectivity index (χ4v) is 3.36. The van der Waals surface area contributed by atoms with Crippen molar-refractivity contribution in [1.29, 1.82) is 0 Å². The Labute approximate surface area is 151 Å². The first-order chi connectivity index (χ1) is 11.7. The van der Waals surface area contributed by atoms with Crippen LogP contribution in [0.2, 0.25) is 0 Å². The summed E-state index contributed by atoms with van der Waals surface area (Å²) in [6, 6.07) is 3.48. The van der Waals surface area contributed by atoms with Crippen LogP contribution in [0.25, 0.3) is 0 Å². The Morgan fingerprint density at radius 1 is 1.24 bits per heavy atom. The van der Waals surface area contributed by atoms with Gasteiger partial charge in [0, 0.05) is 12.2 Å². The van der Waals surface area contributed by atoms with E-state index in [2.05, 4.69) is 28.7 Å². The maximum Gasteiger partial charge on any atom is 0.237 e. The van der Waals surface area contributed by atoms with E-state index in [9.17, 15) is 13.6 Å². The summed E-state index contributed by atoms with van der Waals surface area (Å²) in [5.41, 5.74) is 1.55. The van der Waals surface area contributed by atoms with Gasteiger partial charge in [0.25, 0.3) is 0 Å². The highest BCUT2D eigenvalue weighted by Crippen LogP contribution is 2.27. The number of nitrogens with one attached hydrogen (secondary N) is 1. The number of hydrogen-bond acceptors (Lipinski definition) is 3. The summed E-state index contributed by atoms with van der Waals surface area (Å²) in [5.74, 6) is -1.62. The van der Waals surface area contributed by atoms with Crippen molar-refractivity contribution in [2.45, 2.75) is 51.6 Å². The Kier molecular flexibility index (Phi) is 6.21. The lowest BCUT2D eigenvalue weighted by atomic mass is 10.2. The van der Waals surface area contributed by atoms with Crippen molar-refractivity contribution in [3.8, 4) is 0 Å². The Morgan fingerprint density at radius 3 is 2.40 bits per heavy atom. The molecule has 0 fully saturated rings. The lowest BCUT2D eigenvalue weighted by Crippen LogP contribution is -2.24. The van der Waals surface area contributed by atoms with Gasteiger partial charge < -0.3 is 9.88 Å². The quantitative estimate of drug-likeness (QED) is 0.762. The molecule has 0 spiro atoms. The summed E-state index contributed by atoms with van der Waals surface area (Å²) >= 11 is 1.28. The molecule has 25 heavy (non-hydrogen) atoms. The topological polar surface area (TPSA) is 46.9 Å². The highest BCUT2D eigenvalue weighted by Gasteiger charge is 2.22. The molecule has 1 atom stereocenters. The molecule has 1 aromatic heterocycles. The van der Waals surface area contributed by atoms with Crippen LogP contribution in [-0.2, 0) is 11.3 Å². The second-order valence-electron chi connectivity index (χ2n) is 6.42. The van der Waals surface area contributed by atoms with Crippen LogP contribution >= 0.6 is 11.8 Å². The minimum absolute atomic E-state index is 0.419. The number of anilines is 1. The van der Waals surface area contributed by atoms with Crippen LogP contribution in [0, 0.1) is 31.4 Å². The average molecular weight is 367 g/mol. The standard InChI is InChI=1S/C18H23F2N3OS/c1-10(2)9-23-12(4)11(3)21-18(23)25-13(5)17(24)22-16-14(19)7-6-8-15(16)20/h6-8,10,13H,9H2,1-5H3,(H,22,24). The van der Waals surface area contributed by atoms with E-state index in [4.69, 9.17) is 0 Å². The molecule has 0 saturated carbocycles. The molecular weight excluding hydrogens is 344 g/mol. The van der Waals surface area contributed by atoms with Gasteiger partial charge in [0.15, 0.2) is 5.16 Å². The van der Waals surface area contributed by atoms with Crippen LogP contribution in [-0.4, -0.2) is 20.7 Å². The molecule has 1 heterocycles. The lowest BCUT2D eigenvalue weighted by Gasteiger charge is -2.15. The maximum atomic E-state index is 13.7. The van der Waals surface area contributed by atoms with Crippen molar-refractivity contribution in [1.82, 2.24) is 9.55 Å². The summed E-state index contributed by atoms with van der Waals surface area (Å²) in [5, 5.41) is 2.52. The third-order valence-electron chi connectivity index (χ3n) is 3.83. The van der Waals surface area contributed by atoms with Crippen molar-refractivity contribution in [2.75, 3.05) is 5.32 Å². The number of para-hydroxylation sites is 1. The number of halogens is 2. The predicted molar refractivity (Wildman–Crippen MR) is 96.8 cm³/mol. The molecule has 0 bridgehead atoms. The third-order valence-corrected chi connectivity index (χ3v) is 4.92. The minimum Gasteiger partial charge on any atom is -0.323 e. The van der Waals surface area contributed by atoms with Crippen LogP contribution in [0.1, 0.15) is 32.2 Å². The van der Waals surface area contributed by atoms with E-state index < -0.39 is 28.5 Å². The molecule has 1 N–H and O–H groups in total. The number of benzene rings is 1. The molecule has 0 radical (unpaired) electrons. The van der Waals surface area contributed by atoms with E-state index in [-0.39, 0.29) is 0 Å². The molecule has 0 saturated heterocycles. The van der Waals surface area contributed by atoms with Crippen LogP contribution < -0.4 is 5.32 Å². The fraction of sp³-hybridized carbons (Fsp3) is 0.444. The molecule has 1 unspecified atom stereocenters. The van der Waals surface area contributed by atoms with Gasteiger partial charge in [-0.25, -0.2) is 13.8 Å². The summed E-state index contributed by atoms with van der Waals surface area (Å²) in [7, 11) is 0. The van der Waals surface area contributed by atoms with E-state index >= 15 is 0 Å². The van der Waals surface area contributed by atoms with Crippen molar-refractivity contribution >= 4 is 23.4 Å². The molecule has 7 heteroatoms. The SMILES string of the molecule is Cc1nc(SC(C)C(=O)Nc2c(F)cccc2F)n(CC(C)C)c1C. The zero-order chi connectivity index (χ0) is 18.7. The van der Waals surface area contributed by atoms with Gasteiger partial charge in [0.2, 0.25) is 5.91 Å². The number of imidazole rings is 1. The maximum absolute atomic E-state index is 13.7. The number of carbonyl (C=O) groups is 1. The lowest BCUT2D eigenvalue weighted by molar-refractivity contribution is -0.115. The number of aryl methyl sites for hydroxylation is 1. The number of hydrogen-bond donors (Lipinski definition) is 1. The van der Waals surface area contributed by atoms with Crippen LogP contribution in [0.4, 0.5) is 14.5 Å². The summed E-state index contributed by atoms with van der Waals surface area (Å²) < 4.78 is 29.5. The molecule has 2 rings (SSSR count). The molecule has 2 aromatic rings. The number of rotatable bonds is 6. The molecule has 0 aliphatic rings. The number of aromatic nitrogens is 2. The first kappa shape index (κ1) is 19.4. The Hall–Kier alpha value is -1.89. The monoisotopic (exact) mass is 367 g/mol. The number of carbonyl (C=O) groups excluding carboxylic acids is 1. The predicted octanol–water partition coefficient (Wildman–Crippen LogP) is 4.55. The molecule has 1 aromatic carbocycles. The highest BCUT2D eigenvalue weighted by molar-refractivity contribution is 8.00. The smallest absolute Gasteiger partial charge is 0.237 e. The van der Waals surface area contributed by atoms with Gasteiger partial charge in [-0.15, -0.1) is 0 Å². The first-order valence-corrected chi connectivity index (χ1v) is 9.04. The van der Waals surface area contributed by atoms with Gasteiger partial charge in [-0.1, -0.05) is 31.7 Å². The first-order valence-electron chi connectivity index (χ1n) is 8.16. The van der Waals surface area contributed by atoms with E-state index in [1.807, 2.05) is 13.8 Å². The minimum atomic E-state index is -0.793. The number of nitrogens with zero attached hydrogens (tertiary/aromatic N) is 2. The Balaban J connectivity index is 2.15. The van der Waals surface area contributed by atoms with Gasteiger partial charge in [-0.05, 0) is 38.8 Å². The van der Waals surface area contributed by atoms with Gasteiger partial charge in [-0.3, -0.25) is 4.79 Å². The Bertz CT molecular complexity index is 754. The fourth-order valence-electron chi connectivity index (χ4n) is 2.35. The molecule has 0 aliphatic heterocycles. The number of thioether (sulfide) groups is 1. The average Bonchev–Trinajstić information content (AvgIpc) is 2.78. The zero-order valence-corrected chi connectivity index (χ0v) is 15.9. The molecule has 4 nitrogen and oxygen atoms in total. The van der Waals surface area contributed by atoms with E-state index in [1.54, 1.807) is 6.92 Å². The van der Waals surface area contributed by atoms with Gasteiger partial charge >= 0.3 is 0 Å². The molecule has 0 aliphatic carbocycles. The second kappa shape index (κ2) is 7.99. The van der Waals surface area contributed by atoms with Crippen LogP contribution in [0.15, 0.2) is 23.4 Å². The van der Waals surface area contributed by atoms with Crippen molar-refractivity contribution in [2.24, 2.45) is 5.92 Å². The number of amides is 1. The zero-order valence-electron chi connectivity index (χ0n) is 15.1. The summed E-state index contributed by atoms with van der Waals surface area (Å²) in [6.07, 6.45) is 0. The van der Waals surface area contributed by atoms with E-state index in [0.29, 0.717) is 5.92 Å². The Morgan fingerprint density at radius 2 is 1.84 bits per heavy atom. The van der Waals surface area contributed by atoms with Crippen LogP contribution in [0.5, 0.6) is 0 Å². The molecular formula is C18H23F2N3OS. The van der Waals surface area contributed by atoms with Gasteiger partial charge in [-0.2, -0.15) is 0 Å². The van der Waals surface area contributed by atoms with Crippen molar-refractivity contribution in [3.05, 3.63) is 41.2 Å².